The molecule has 0 aromatic carbocycles. The van der Waals surface area contributed by atoms with Crippen LogP contribution >= 0.6 is 0 Å². The first kappa shape index (κ1) is 15.4. The number of nitrogens with zero attached hydrogens (tertiary/aromatic N) is 1. The normalized spacial score (nSPS) is 17.1. The van der Waals surface area contributed by atoms with Crippen molar-refractivity contribution >= 4 is 5.91 Å². The highest BCUT2D eigenvalue weighted by atomic mass is 16.5. The second-order valence-corrected chi connectivity index (χ2v) is 5.62. The van der Waals surface area contributed by atoms with Crippen molar-refractivity contribution in [1.82, 2.24) is 10.2 Å². The average Bonchev–Trinajstić information content (AvgIpc) is 2.35. The molecule has 1 aliphatic heterocycles. The van der Waals surface area contributed by atoms with Crippen molar-refractivity contribution in [2.45, 2.75) is 33.1 Å². The van der Waals surface area contributed by atoms with E-state index >= 15 is 0 Å². The third kappa shape index (κ3) is 5.83. The summed E-state index contributed by atoms with van der Waals surface area (Å²) < 4.78 is 5.09. The zero-order chi connectivity index (χ0) is 13.4. The molecule has 0 aromatic heterocycles. The van der Waals surface area contributed by atoms with Gasteiger partial charge >= 0.3 is 0 Å². The maximum absolute atomic E-state index is 12.3. The second-order valence-electron chi connectivity index (χ2n) is 5.62. The summed E-state index contributed by atoms with van der Waals surface area (Å²) in [4.78, 5) is 14.3. The third-order valence-corrected chi connectivity index (χ3v) is 3.43. The minimum Gasteiger partial charge on any atom is -0.383 e. The van der Waals surface area contributed by atoms with Crippen molar-refractivity contribution in [3.63, 3.8) is 0 Å². The minimum atomic E-state index is 0.299. The highest BCUT2D eigenvalue weighted by molar-refractivity contribution is 5.76. The molecular weight excluding hydrogens is 228 g/mol. The van der Waals surface area contributed by atoms with Crippen molar-refractivity contribution < 1.29 is 9.53 Å². The molecule has 4 nitrogen and oxygen atoms in total. The maximum Gasteiger partial charge on any atom is 0.222 e. The van der Waals surface area contributed by atoms with Crippen LogP contribution in [0.25, 0.3) is 0 Å². The van der Waals surface area contributed by atoms with Gasteiger partial charge in [-0.15, -0.1) is 0 Å². The number of hydrogen-bond donors (Lipinski definition) is 1. The Kier molecular flexibility index (Phi) is 7.28. The Hall–Kier alpha value is -0.610. The Labute approximate surface area is 111 Å². The lowest BCUT2D eigenvalue weighted by Crippen LogP contribution is -2.39. The molecule has 106 valence electrons. The molecule has 1 heterocycles. The summed E-state index contributed by atoms with van der Waals surface area (Å²) in [6, 6.07) is 0. The number of methoxy groups -OCH3 is 1. The molecule has 1 amide bonds. The van der Waals surface area contributed by atoms with Gasteiger partial charge in [0.2, 0.25) is 5.91 Å². The molecule has 0 atom stereocenters. The second kappa shape index (κ2) is 8.48. The van der Waals surface area contributed by atoms with Crippen LogP contribution in [0.2, 0.25) is 0 Å². The van der Waals surface area contributed by atoms with Gasteiger partial charge in [-0.3, -0.25) is 4.79 Å². The van der Waals surface area contributed by atoms with Crippen molar-refractivity contribution in [3.8, 4) is 0 Å². The van der Waals surface area contributed by atoms with Crippen LogP contribution in [0, 0.1) is 11.8 Å². The smallest absolute Gasteiger partial charge is 0.222 e. The van der Waals surface area contributed by atoms with E-state index in [1.54, 1.807) is 7.11 Å². The number of hydrogen-bond acceptors (Lipinski definition) is 3. The molecule has 1 N–H and O–H groups in total. The predicted octanol–water partition coefficient (Wildman–Crippen LogP) is 1.51. The van der Waals surface area contributed by atoms with Crippen LogP contribution in [0.5, 0.6) is 0 Å². The van der Waals surface area contributed by atoms with Crippen LogP contribution in [-0.4, -0.2) is 50.7 Å². The van der Waals surface area contributed by atoms with E-state index in [9.17, 15) is 4.79 Å². The van der Waals surface area contributed by atoms with Crippen molar-refractivity contribution in [2.24, 2.45) is 11.8 Å². The number of piperidine rings is 1. The molecule has 1 aliphatic rings. The zero-order valence-electron chi connectivity index (χ0n) is 12.1. The summed E-state index contributed by atoms with van der Waals surface area (Å²) in [5.74, 6) is 1.38. The zero-order valence-corrected chi connectivity index (χ0v) is 12.1. The Bertz CT molecular complexity index is 238. The number of amides is 1. The maximum atomic E-state index is 12.3. The van der Waals surface area contributed by atoms with Crippen LogP contribution in [0.4, 0.5) is 0 Å². The number of ether oxygens (including phenoxy) is 1. The Morgan fingerprint density at radius 1 is 1.39 bits per heavy atom. The number of carbonyl (C=O) groups is 1. The van der Waals surface area contributed by atoms with Gasteiger partial charge in [0, 0.05) is 26.6 Å². The Morgan fingerprint density at radius 2 is 2.06 bits per heavy atom. The first-order valence-electron chi connectivity index (χ1n) is 7.11. The molecule has 0 spiro atoms. The fraction of sp³-hybridized carbons (Fsp3) is 0.929. The SMILES string of the molecule is COCCN(CC(C)C)C(=O)CC1CCNCC1. The van der Waals surface area contributed by atoms with E-state index in [1.807, 2.05) is 4.90 Å². The van der Waals surface area contributed by atoms with Crippen LogP contribution in [0.3, 0.4) is 0 Å². The van der Waals surface area contributed by atoms with Crippen molar-refractivity contribution in [1.29, 1.82) is 0 Å². The number of rotatable bonds is 7. The minimum absolute atomic E-state index is 0.299. The largest absolute Gasteiger partial charge is 0.383 e. The molecule has 1 fully saturated rings. The van der Waals surface area contributed by atoms with E-state index in [4.69, 9.17) is 4.74 Å². The molecule has 0 unspecified atom stereocenters. The van der Waals surface area contributed by atoms with Gasteiger partial charge in [-0.05, 0) is 37.8 Å². The van der Waals surface area contributed by atoms with Crippen molar-refractivity contribution in [2.75, 3.05) is 39.9 Å². The van der Waals surface area contributed by atoms with Gasteiger partial charge in [-0.2, -0.15) is 0 Å². The molecule has 18 heavy (non-hydrogen) atoms. The van der Waals surface area contributed by atoms with Gasteiger partial charge in [0.25, 0.3) is 0 Å². The highest BCUT2D eigenvalue weighted by Crippen LogP contribution is 2.17. The van der Waals surface area contributed by atoms with Crippen LogP contribution in [0.1, 0.15) is 33.1 Å². The molecule has 4 heteroatoms. The fourth-order valence-electron chi connectivity index (χ4n) is 2.42. The summed E-state index contributed by atoms with van der Waals surface area (Å²) in [6.45, 7) is 8.60. The molecule has 1 saturated heterocycles. The van der Waals surface area contributed by atoms with E-state index < -0.39 is 0 Å². The summed E-state index contributed by atoms with van der Waals surface area (Å²) in [7, 11) is 1.69. The first-order valence-corrected chi connectivity index (χ1v) is 7.11. The van der Waals surface area contributed by atoms with E-state index in [1.165, 1.54) is 0 Å². The van der Waals surface area contributed by atoms with E-state index in [2.05, 4.69) is 19.2 Å². The molecule has 0 aromatic rings. The van der Waals surface area contributed by atoms with E-state index in [0.29, 0.717) is 30.8 Å². The first-order chi connectivity index (χ1) is 8.63. The molecule has 0 bridgehead atoms. The Balaban J connectivity index is 2.40. The molecular formula is C14H28N2O2. The lowest BCUT2D eigenvalue weighted by Gasteiger charge is -2.28. The number of carbonyl (C=O) groups excluding carboxylic acids is 1. The van der Waals surface area contributed by atoms with Gasteiger partial charge in [-0.1, -0.05) is 13.8 Å². The van der Waals surface area contributed by atoms with Gasteiger partial charge in [0.15, 0.2) is 0 Å². The summed E-state index contributed by atoms with van der Waals surface area (Å²) in [5, 5.41) is 3.34. The van der Waals surface area contributed by atoms with Crippen molar-refractivity contribution in [3.05, 3.63) is 0 Å². The summed E-state index contributed by atoms with van der Waals surface area (Å²) in [5.41, 5.74) is 0. The molecule has 0 aliphatic carbocycles. The lowest BCUT2D eigenvalue weighted by molar-refractivity contribution is -0.133. The highest BCUT2D eigenvalue weighted by Gasteiger charge is 2.21. The van der Waals surface area contributed by atoms with Gasteiger partial charge in [0.1, 0.15) is 0 Å². The van der Waals surface area contributed by atoms with Gasteiger partial charge in [-0.25, -0.2) is 0 Å². The van der Waals surface area contributed by atoms with Crippen LogP contribution < -0.4 is 5.32 Å². The topological polar surface area (TPSA) is 41.6 Å². The molecule has 0 radical (unpaired) electrons. The van der Waals surface area contributed by atoms with Gasteiger partial charge < -0.3 is 15.0 Å². The lowest BCUT2D eigenvalue weighted by atomic mass is 9.94. The Morgan fingerprint density at radius 3 is 2.61 bits per heavy atom. The van der Waals surface area contributed by atoms with Crippen LogP contribution in [-0.2, 0) is 9.53 Å². The fourth-order valence-corrected chi connectivity index (χ4v) is 2.42. The predicted molar refractivity (Wildman–Crippen MR) is 73.5 cm³/mol. The van der Waals surface area contributed by atoms with Crippen LogP contribution in [0.15, 0.2) is 0 Å². The molecule has 0 saturated carbocycles. The standard InChI is InChI=1S/C14H28N2O2/c1-12(2)11-16(8-9-18-3)14(17)10-13-4-6-15-7-5-13/h12-13,15H,4-11H2,1-3H3. The quantitative estimate of drug-likeness (QED) is 0.750. The number of nitrogens with one attached hydrogen (secondary N) is 1. The molecule has 1 rings (SSSR count). The average molecular weight is 256 g/mol. The summed E-state index contributed by atoms with van der Waals surface area (Å²) >= 11 is 0. The monoisotopic (exact) mass is 256 g/mol. The van der Waals surface area contributed by atoms with E-state index in [0.717, 1.165) is 39.0 Å². The van der Waals surface area contributed by atoms with Gasteiger partial charge in [0.05, 0.1) is 6.61 Å². The summed E-state index contributed by atoms with van der Waals surface area (Å²) in [6.07, 6.45) is 2.97. The van der Waals surface area contributed by atoms with E-state index in [-0.39, 0.29) is 0 Å². The third-order valence-electron chi connectivity index (χ3n) is 3.43.